The van der Waals surface area contributed by atoms with Crippen molar-refractivity contribution in [3.63, 3.8) is 0 Å². The summed E-state index contributed by atoms with van der Waals surface area (Å²) in [7, 11) is 0. The van der Waals surface area contributed by atoms with Crippen molar-refractivity contribution in [2.75, 3.05) is 13.2 Å². The van der Waals surface area contributed by atoms with E-state index in [4.69, 9.17) is 9.47 Å². The second-order valence-corrected chi connectivity index (χ2v) is 8.04. The first-order valence-electron chi connectivity index (χ1n) is 9.47. The minimum atomic E-state index is -0.359. The molecule has 0 N–H and O–H groups in total. The van der Waals surface area contributed by atoms with Crippen molar-refractivity contribution >= 4 is 11.9 Å². The van der Waals surface area contributed by atoms with E-state index in [0.29, 0.717) is 24.4 Å². The van der Waals surface area contributed by atoms with Gasteiger partial charge in [0.25, 0.3) is 0 Å². The van der Waals surface area contributed by atoms with E-state index >= 15 is 0 Å². The van der Waals surface area contributed by atoms with Crippen molar-refractivity contribution in [1.82, 2.24) is 0 Å². The molecule has 0 saturated heterocycles. The molecule has 2 saturated carbocycles. The molecule has 2 rings (SSSR count). The highest BCUT2D eigenvalue weighted by atomic mass is 16.5. The Hall–Kier alpha value is -1.58. The molecule has 0 aromatic carbocycles. The van der Waals surface area contributed by atoms with Gasteiger partial charge in [-0.1, -0.05) is 45.3 Å². The van der Waals surface area contributed by atoms with Crippen LogP contribution in [0.5, 0.6) is 0 Å². The van der Waals surface area contributed by atoms with E-state index in [-0.39, 0.29) is 22.8 Å². The van der Waals surface area contributed by atoms with Crippen LogP contribution in [-0.4, -0.2) is 25.2 Å². The molecule has 0 amide bonds. The Morgan fingerprint density at radius 2 is 1.16 bits per heavy atom. The van der Waals surface area contributed by atoms with Gasteiger partial charge in [-0.15, -0.1) is 0 Å². The van der Waals surface area contributed by atoms with Gasteiger partial charge in [-0.05, 0) is 44.9 Å². The zero-order valence-corrected chi connectivity index (χ0v) is 15.8. The topological polar surface area (TPSA) is 52.6 Å². The molecule has 140 valence electrons. The predicted octanol–water partition coefficient (Wildman–Crippen LogP) is 4.74. The SMILES string of the molecule is C=C(C)C(=O)OCC1(COC(=O)C(=C)C)CCCCC12CCCCC2. The third-order valence-electron chi connectivity index (χ3n) is 6.15. The zero-order valence-electron chi connectivity index (χ0n) is 15.8. The Kier molecular flexibility index (Phi) is 6.47. The lowest BCUT2D eigenvalue weighted by Crippen LogP contribution is -2.52. The fraction of sp³-hybridized carbons (Fsp3) is 0.714. The standard InChI is InChI=1S/C21H32O4/c1-16(2)18(22)24-14-21(15-25-19(23)17(3)4)13-9-8-12-20(21)10-6-5-7-11-20/h1,3,5-15H2,2,4H3. The van der Waals surface area contributed by atoms with E-state index in [1.165, 1.54) is 25.7 Å². The Labute approximate surface area is 151 Å². The fourth-order valence-electron chi connectivity index (χ4n) is 4.61. The first kappa shape index (κ1) is 19.7. The number of ether oxygens (including phenoxy) is 2. The highest BCUT2D eigenvalue weighted by Gasteiger charge is 2.54. The third kappa shape index (κ3) is 4.34. The predicted molar refractivity (Wildman–Crippen MR) is 98.0 cm³/mol. The minimum absolute atomic E-state index is 0.105. The van der Waals surface area contributed by atoms with Crippen molar-refractivity contribution in [2.45, 2.75) is 71.6 Å². The monoisotopic (exact) mass is 348 g/mol. The van der Waals surface area contributed by atoms with Crippen molar-refractivity contribution in [1.29, 1.82) is 0 Å². The molecule has 25 heavy (non-hydrogen) atoms. The molecule has 2 aliphatic carbocycles. The molecule has 1 spiro atoms. The highest BCUT2D eigenvalue weighted by molar-refractivity contribution is 5.87. The quantitative estimate of drug-likeness (QED) is 0.514. The molecular formula is C21H32O4. The highest BCUT2D eigenvalue weighted by Crippen LogP contribution is 2.58. The van der Waals surface area contributed by atoms with E-state index in [0.717, 1.165) is 32.1 Å². The van der Waals surface area contributed by atoms with Crippen LogP contribution in [0.15, 0.2) is 24.3 Å². The molecule has 0 aliphatic heterocycles. The van der Waals surface area contributed by atoms with Crippen LogP contribution in [0.4, 0.5) is 0 Å². The maximum absolute atomic E-state index is 12.0. The summed E-state index contributed by atoms with van der Waals surface area (Å²) < 4.78 is 11.2. The van der Waals surface area contributed by atoms with Gasteiger partial charge in [0.1, 0.15) is 13.2 Å². The number of hydrogen-bond donors (Lipinski definition) is 0. The third-order valence-corrected chi connectivity index (χ3v) is 6.15. The Bertz CT molecular complexity index is 502. The summed E-state index contributed by atoms with van der Waals surface area (Å²) in [5.41, 5.74) is 0.626. The lowest BCUT2D eigenvalue weighted by atomic mass is 9.51. The van der Waals surface area contributed by atoms with Crippen LogP contribution in [-0.2, 0) is 19.1 Å². The molecule has 2 aliphatic rings. The number of carbonyl (C=O) groups excluding carboxylic acids is 2. The second kappa shape index (κ2) is 8.20. The lowest BCUT2D eigenvalue weighted by Gasteiger charge is -2.55. The molecule has 4 nitrogen and oxygen atoms in total. The Balaban J connectivity index is 2.24. The Morgan fingerprint density at radius 1 is 0.760 bits per heavy atom. The molecule has 0 aromatic rings. The van der Waals surface area contributed by atoms with Crippen molar-refractivity contribution in [3.8, 4) is 0 Å². The normalized spacial score (nSPS) is 21.4. The van der Waals surface area contributed by atoms with Gasteiger partial charge < -0.3 is 9.47 Å². The molecule has 0 radical (unpaired) electrons. The first-order valence-corrected chi connectivity index (χ1v) is 9.47. The van der Waals surface area contributed by atoms with E-state index in [9.17, 15) is 9.59 Å². The van der Waals surface area contributed by atoms with Gasteiger partial charge in [0.2, 0.25) is 0 Å². The summed E-state index contributed by atoms with van der Waals surface area (Å²) in [4.78, 5) is 24.0. The number of rotatable bonds is 6. The van der Waals surface area contributed by atoms with Crippen LogP contribution in [0.3, 0.4) is 0 Å². The van der Waals surface area contributed by atoms with Crippen molar-refractivity contribution < 1.29 is 19.1 Å². The fourth-order valence-corrected chi connectivity index (χ4v) is 4.61. The maximum Gasteiger partial charge on any atom is 0.333 e. The first-order chi connectivity index (χ1) is 11.8. The molecule has 2 fully saturated rings. The van der Waals surface area contributed by atoms with Gasteiger partial charge in [-0.25, -0.2) is 9.59 Å². The molecule has 0 aromatic heterocycles. The van der Waals surface area contributed by atoms with Gasteiger partial charge in [-0.3, -0.25) is 0 Å². The van der Waals surface area contributed by atoms with Gasteiger partial charge in [0.05, 0.1) is 0 Å². The van der Waals surface area contributed by atoms with Gasteiger partial charge in [-0.2, -0.15) is 0 Å². The molecule has 0 bridgehead atoms. The Morgan fingerprint density at radius 3 is 1.60 bits per heavy atom. The smallest absolute Gasteiger partial charge is 0.333 e. The number of hydrogen-bond acceptors (Lipinski definition) is 4. The van der Waals surface area contributed by atoms with Gasteiger partial charge in [0, 0.05) is 16.6 Å². The molecular weight excluding hydrogens is 316 g/mol. The van der Waals surface area contributed by atoms with Crippen molar-refractivity contribution in [2.24, 2.45) is 10.8 Å². The summed E-state index contributed by atoms with van der Waals surface area (Å²) in [5, 5.41) is 0. The zero-order chi connectivity index (χ0) is 18.5. The largest absolute Gasteiger partial charge is 0.462 e. The van der Waals surface area contributed by atoms with Crippen LogP contribution in [0.2, 0.25) is 0 Å². The van der Waals surface area contributed by atoms with E-state index in [1.807, 2.05) is 0 Å². The van der Waals surface area contributed by atoms with Crippen LogP contribution in [0.25, 0.3) is 0 Å². The summed E-state index contributed by atoms with van der Waals surface area (Å²) in [6.07, 6.45) is 10.2. The summed E-state index contributed by atoms with van der Waals surface area (Å²) in [6, 6.07) is 0. The van der Waals surface area contributed by atoms with Crippen LogP contribution >= 0.6 is 0 Å². The lowest BCUT2D eigenvalue weighted by molar-refractivity contribution is -0.168. The second-order valence-electron chi connectivity index (χ2n) is 8.04. The van der Waals surface area contributed by atoms with E-state index in [1.54, 1.807) is 13.8 Å². The summed E-state index contributed by atoms with van der Waals surface area (Å²) >= 11 is 0. The average Bonchev–Trinajstić information content (AvgIpc) is 2.60. The van der Waals surface area contributed by atoms with Crippen molar-refractivity contribution in [3.05, 3.63) is 24.3 Å². The minimum Gasteiger partial charge on any atom is -0.462 e. The van der Waals surface area contributed by atoms with Crippen LogP contribution in [0, 0.1) is 10.8 Å². The van der Waals surface area contributed by atoms with Crippen LogP contribution in [0.1, 0.15) is 71.6 Å². The summed E-state index contributed by atoms with van der Waals surface area (Å²) in [5.74, 6) is -0.718. The maximum atomic E-state index is 12.0. The molecule has 0 atom stereocenters. The molecule has 4 heteroatoms. The van der Waals surface area contributed by atoms with Gasteiger partial charge in [0.15, 0.2) is 0 Å². The summed E-state index contributed by atoms with van der Waals surface area (Å²) in [6.45, 7) is 11.3. The number of carbonyl (C=O) groups is 2. The number of esters is 2. The average molecular weight is 348 g/mol. The van der Waals surface area contributed by atoms with Crippen LogP contribution < -0.4 is 0 Å². The van der Waals surface area contributed by atoms with E-state index in [2.05, 4.69) is 13.2 Å². The molecule has 0 unspecified atom stereocenters. The van der Waals surface area contributed by atoms with E-state index < -0.39 is 0 Å². The molecule has 0 heterocycles. The van der Waals surface area contributed by atoms with Gasteiger partial charge >= 0.3 is 11.9 Å².